The normalized spacial score (nSPS) is 11.3. The molecular weight excluding hydrogens is 368 g/mol. The molecule has 0 bridgehead atoms. The van der Waals surface area contributed by atoms with Gasteiger partial charge in [0.15, 0.2) is 0 Å². The monoisotopic (exact) mass is 378 g/mol. The van der Waals surface area contributed by atoms with Crippen LogP contribution in [0.5, 0.6) is 0 Å². The molecule has 0 heterocycles. The minimum atomic E-state index is 1.07. The van der Waals surface area contributed by atoms with E-state index in [4.69, 9.17) is 4.74 Å². The highest BCUT2D eigenvalue weighted by Crippen LogP contribution is 2.12. The van der Waals surface area contributed by atoms with Gasteiger partial charge < -0.3 is 4.74 Å². The standard InChI is InChI=1S/C16H12Br2O/c17-15-5-1-13(2-6-15)9-11-19-12-10-14-3-7-16(18)8-4-14/h1-12H. The molecule has 0 aliphatic heterocycles. The van der Waals surface area contributed by atoms with Crippen molar-refractivity contribution in [2.24, 2.45) is 0 Å². The first kappa shape index (κ1) is 14.1. The van der Waals surface area contributed by atoms with Crippen molar-refractivity contribution in [1.82, 2.24) is 0 Å². The maximum atomic E-state index is 5.32. The van der Waals surface area contributed by atoms with E-state index in [1.807, 2.05) is 60.7 Å². The third-order valence-corrected chi connectivity index (χ3v) is 3.48. The number of halogens is 2. The van der Waals surface area contributed by atoms with Gasteiger partial charge >= 0.3 is 0 Å². The molecule has 0 atom stereocenters. The maximum absolute atomic E-state index is 5.32. The maximum Gasteiger partial charge on any atom is 0.0907 e. The van der Waals surface area contributed by atoms with Crippen molar-refractivity contribution in [1.29, 1.82) is 0 Å². The van der Waals surface area contributed by atoms with Crippen molar-refractivity contribution in [3.8, 4) is 0 Å². The van der Waals surface area contributed by atoms with Crippen molar-refractivity contribution >= 4 is 44.0 Å². The van der Waals surface area contributed by atoms with Crippen LogP contribution in [0, 0.1) is 0 Å². The van der Waals surface area contributed by atoms with Gasteiger partial charge in [0.25, 0.3) is 0 Å². The van der Waals surface area contributed by atoms with Crippen LogP contribution in [0.15, 0.2) is 70.0 Å². The Morgan fingerprint density at radius 1 is 0.632 bits per heavy atom. The average Bonchev–Trinajstić information content (AvgIpc) is 2.43. The number of hydrogen-bond acceptors (Lipinski definition) is 1. The first-order valence-corrected chi connectivity index (χ1v) is 7.32. The minimum absolute atomic E-state index is 1.07. The van der Waals surface area contributed by atoms with E-state index < -0.39 is 0 Å². The molecule has 0 fully saturated rings. The predicted octanol–water partition coefficient (Wildman–Crippen LogP) is 5.87. The molecule has 2 aromatic carbocycles. The average molecular weight is 380 g/mol. The molecule has 0 amide bonds. The lowest BCUT2D eigenvalue weighted by Crippen LogP contribution is -1.73. The smallest absolute Gasteiger partial charge is 0.0907 e. The summed E-state index contributed by atoms with van der Waals surface area (Å²) in [5.41, 5.74) is 2.19. The molecule has 2 rings (SSSR count). The van der Waals surface area contributed by atoms with E-state index in [-0.39, 0.29) is 0 Å². The predicted molar refractivity (Wildman–Crippen MR) is 87.4 cm³/mol. The van der Waals surface area contributed by atoms with Crippen LogP contribution in [0.3, 0.4) is 0 Å². The van der Waals surface area contributed by atoms with Crippen LogP contribution < -0.4 is 0 Å². The Morgan fingerprint density at radius 2 is 1.00 bits per heavy atom. The van der Waals surface area contributed by atoms with Crippen LogP contribution >= 0.6 is 31.9 Å². The molecule has 3 heteroatoms. The summed E-state index contributed by atoms with van der Waals surface area (Å²) in [5, 5.41) is 0. The summed E-state index contributed by atoms with van der Waals surface area (Å²) in [6.07, 6.45) is 7.16. The number of benzene rings is 2. The van der Waals surface area contributed by atoms with Crippen molar-refractivity contribution in [3.05, 3.63) is 81.1 Å². The van der Waals surface area contributed by atoms with Crippen molar-refractivity contribution in [3.63, 3.8) is 0 Å². The fourth-order valence-electron chi connectivity index (χ4n) is 1.43. The van der Waals surface area contributed by atoms with Gasteiger partial charge in [-0.3, -0.25) is 0 Å². The molecule has 96 valence electrons. The van der Waals surface area contributed by atoms with E-state index in [0.717, 1.165) is 20.1 Å². The van der Waals surface area contributed by atoms with E-state index in [0.29, 0.717) is 0 Å². The summed E-state index contributed by atoms with van der Waals surface area (Å²) < 4.78 is 7.46. The van der Waals surface area contributed by atoms with Gasteiger partial charge in [-0.05, 0) is 47.5 Å². The molecule has 0 aliphatic carbocycles. The van der Waals surface area contributed by atoms with Crippen LogP contribution in [-0.2, 0) is 4.74 Å². The lowest BCUT2D eigenvalue weighted by atomic mass is 10.2. The number of hydrogen-bond donors (Lipinski definition) is 0. The molecule has 19 heavy (non-hydrogen) atoms. The Kier molecular flexibility index (Phi) is 5.43. The molecule has 0 aromatic heterocycles. The number of rotatable bonds is 4. The highest BCUT2D eigenvalue weighted by atomic mass is 79.9. The van der Waals surface area contributed by atoms with E-state index in [2.05, 4.69) is 31.9 Å². The molecule has 0 unspecified atom stereocenters. The third-order valence-electron chi connectivity index (χ3n) is 2.42. The van der Waals surface area contributed by atoms with Crippen molar-refractivity contribution in [2.45, 2.75) is 0 Å². The summed E-state index contributed by atoms with van der Waals surface area (Å²) in [6.45, 7) is 0. The Bertz CT molecular complexity index is 515. The minimum Gasteiger partial charge on any atom is -0.473 e. The third kappa shape index (κ3) is 5.05. The molecule has 0 N–H and O–H groups in total. The SMILES string of the molecule is Brc1ccc(C=COC=Cc2ccc(Br)cc2)cc1. The van der Waals surface area contributed by atoms with Gasteiger partial charge in [0.1, 0.15) is 0 Å². The van der Waals surface area contributed by atoms with E-state index in [1.54, 1.807) is 12.5 Å². The zero-order chi connectivity index (χ0) is 13.5. The van der Waals surface area contributed by atoms with E-state index in [9.17, 15) is 0 Å². The molecule has 0 saturated carbocycles. The van der Waals surface area contributed by atoms with E-state index >= 15 is 0 Å². The topological polar surface area (TPSA) is 9.23 Å². The zero-order valence-electron chi connectivity index (χ0n) is 10.1. The quantitative estimate of drug-likeness (QED) is 0.603. The Balaban J connectivity index is 1.86. The highest BCUT2D eigenvalue weighted by Gasteiger charge is 1.88. The van der Waals surface area contributed by atoms with Crippen LogP contribution in [0.1, 0.15) is 11.1 Å². The van der Waals surface area contributed by atoms with Crippen LogP contribution in [0.4, 0.5) is 0 Å². The largest absolute Gasteiger partial charge is 0.473 e. The second-order valence-corrected chi connectivity index (χ2v) is 5.68. The molecule has 0 aliphatic rings. The van der Waals surface area contributed by atoms with Gasteiger partial charge in [-0.25, -0.2) is 0 Å². The van der Waals surface area contributed by atoms with Gasteiger partial charge in [-0.15, -0.1) is 0 Å². The summed E-state index contributed by atoms with van der Waals surface area (Å²) in [6, 6.07) is 16.1. The second-order valence-electron chi connectivity index (χ2n) is 3.84. The van der Waals surface area contributed by atoms with Gasteiger partial charge in [0.2, 0.25) is 0 Å². The number of ether oxygens (including phenoxy) is 1. The molecule has 0 radical (unpaired) electrons. The Hall–Kier alpha value is -1.32. The molecule has 1 nitrogen and oxygen atoms in total. The van der Waals surface area contributed by atoms with E-state index in [1.165, 1.54) is 0 Å². The Labute approximate surface area is 129 Å². The Morgan fingerprint density at radius 3 is 1.37 bits per heavy atom. The fraction of sp³-hybridized carbons (Fsp3) is 0. The first-order valence-electron chi connectivity index (χ1n) is 5.74. The summed E-state index contributed by atoms with van der Waals surface area (Å²) in [7, 11) is 0. The summed E-state index contributed by atoms with van der Waals surface area (Å²) >= 11 is 6.80. The van der Waals surface area contributed by atoms with Crippen LogP contribution in [0.2, 0.25) is 0 Å². The van der Waals surface area contributed by atoms with Crippen molar-refractivity contribution in [2.75, 3.05) is 0 Å². The molecule has 2 aromatic rings. The first-order chi connectivity index (χ1) is 9.24. The zero-order valence-corrected chi connectivity index (χ0v) is 13.3. The van der Waals surface area contributed by atoms with Gasteiger partial charge in [0, 0.05) is 8.95 Å². The van der Waals surface area contributed by atoms with Crippen molar-refractivity contribution < 1.29 is 4.74 Å². The summed E-state index contributed by atoms with van der Waals surface area (Å²) in [5.74, 6) is 0. The van der Waals surface area contributed by atoms with Gasteiger partial charge in [0.05, 0.1) is 12.5 Å². The van der Waals surface area contributed by atoms with Gasteiger partial charge in [-0.1, -0.05) is 56.1 Å². The van der Waals surface area contributed by atoms with Gasteiger partial charge in [-0.2, -0.15) is 0 Å². The molecule has 0 saturated heterocycles. The second kappa shape index (κ2) is 7.31. The lowest BCUT2D eigenvalue weighted by Gasteiger charge is -1.95. The lowest BCUT2D eigenvalue weighted by molar-refractivity contribution is 0.410. The highest BCUT2D eigenvalue weighted by molar-refractivity contribution is 9.10. The fourth-order valence-corrected chi connectivity index (χ4v) is 1.96. The van der Waals surface area contributed by atoms with Crippen LogP contribution in [-0.4, -0.2) is 0 Å². The molecular formula is C16H12Br2O. The van der Waals surface area contributed by atoms with Crippen LogP contribution in [0.25, 0.3) is 12.2 Å². The molecule has 0 spiro atoms. The summed E-state index contributed by atoms with van der Waals surface area (Å²) in [4.78, 5) is 0.